The summed E-state index contributed by atoms with van der Waals surface area (Å²) < 4.78 is 0. The molecule has 3 heteroatoms. The molecule has 116 valence electrons. The average molecular weight is 305 g/mol. The summed E-state index contributed by atoms with van der Waals surface area (Å²) in [7, 11) is 0. The van der Waals surface area contributed by atoms with Gasteiger partial charge >= 0.3 is 0 Å². The van der Waals surface area contributed by atoms with E-state index in [1.807, 2.05) is 11.8 Å². The van der Waals surface area contributed by atoms with E-state index in [0.717, 1.165) is 5.92 Å². The number of piperazine rings is 1. The Morgan fingerprint density at radius 1 is 1.29 bits per heavy atom. The van der Waals surface area contributed by atoms with Crippen LogP contribution in [-0.4, -0.2) is 41.9 Å². The van der Waals surface area contributed by atoms with Gasteiger partial charge in [-0.1, -0.05) is 25.1 Å². The number of nitrogens with zero attached hydrogens (tertiary/aromatic N) is 1. The molecule has 2 unspecified atom stereocenters. The second-order valence-corrected chi connectivity index (χ2v) is 7.94. The summed E-state index contributed by atoms with van der Waals surface area (Å²) in [6, 6.07) is 11.5. The Kier molecular flexibility index (Phi) is 4.92. The Hall–Kier alpha value is -0.510. The maximum Gasteiger partial charge on any atom is 0.0309 e. The van der Waals surface area contributed by atoms with Crippen molar-refractivity contribution in [2.45, 2.75) is 49.6 Å². The van der Waals surface area contributed by atoms with Crippen LogP contribution in [0.1, 0.15) is 33.1 Å². The topological polar surface area (TPSA) is 15.3 Å². The van der Waals surface area contributed by atoms with Gasteiger partial charge in [0.25, 0.3) is 0 Å². The molecule has 1 N–H and O–H groups in total. The van der Waals surface area contributed by atoms with E-state index in [0.29, 0.717) is 11.6 Å². The molecule has 0 spiro atoms. The van der Waals surface area contributed by atoms with Crippen molar-refractivity contribution in [2.75, 3.05) is 25.4 Å². The van der Waals surface area contributed by atoms with E-state index >= 15 is 0 Å². The Bertz CT molecular complexity index is 446. The van der Waals surface area contributed by atoms with Crippen LogP contribution in [0, 0.1) is 5.92 Å². The molecular formula is C18H28N2S. The van der Waals surface area contributed by atoms with Gasteiger partial charge in [-0.15, -0.1) is 11.8 Å². The highest BCUT2D eigenvalue weighted by atomic mass is 32.2. The van der Waals surface area contributed by atoms with Gasteiger partial charge in [0.2, 0.25) is 0 Å². The zero-order valence-corrected chi connectivity index (χ0v) is 14.2. The second kappa shape index (κ2) is 6.72. The Balaban J connectivity index is 1.53. The van der Waals surface area contributed by atoms with Gasteiger partial charge in [0.15, 0.2) is 0 Å². The number of rotatable bonds is 6. The first-order valence-electron chi connectivity index (χ1n) is 8.38. The summed E-state index contributed by atoms with van der Waals surface area (Å²) in [5.41, 5.74) is 0.364. The number of benzene rings is 1. The van der Waals surface area contributed by atoms with Gasteiger partial charge in [-0.25, -0.2) is 0 Å². The molecular weight excluding hydrogens is 276 g/mol. The number of hydrogen-bond acceptors (Lipinski definition) is 3. The minimum Gasteiger partial charge on any atom is -0.308 e. The minimum absolute atomic E-state index is 0.364. The maximum atomic E-state index is 3.85. The van der Waals surface area contributed by atoms with Gasteiger partial charge in [-0.3, -0.25) is 4.90 Å². The zero-order valence-electron chi connectivity index (χ0n) is 13.3. The van der Waals surface area contributed by atoms with Gasteiger partial charge in [-0.05, 0) is 44.2 Å². The Labute approximate surface area is 133 Å². The SMILES string of the molecule is CCC1CNC(C)(C2CC2)CN1CCSc1ccccc1. The number of nitrogens with one attached hydrogen (secondary N) is 1. The molecule has 2 atom stereocenters. The van der Waals surface area contributed by atoms with E-state index in [1.165, 1.54) is 49.5 Å². The van der Waals surface area contributed by atoms with Crippen LogP contribution in [0.2, 0.25) is 0 Å². The van der Waals surface area contributed by atoms with Crippen LogP contribution < -0.4 is 5.32 Å². The fourth-order valence-corrected chi connectivity index (χ4v) is 4.45. The third-order valence-corrected chi connectivity index (χ3v) is 6.12. The molecule has 1 saturated carbocycles. The van der Waals surface area contributed by atoms with Crippen molar-refractivity contribution in [3.8, 4) is 0 Å². The normalized spacial score (nSPS) is 30.5. The summed E-state index contributed by atoms with van der Waals surface area (Å²) in [4.78, 5) is 4.13. The smallest absolute Gasteiger partial charge is 0.0309 e. The lowest BCUT2D eigenvalue weighted by atomic mass is 9.90. The monoisotopic (exact) mass is 304 g/mol. The molecule has 21 heavy (non-hydrogen) atoms. The fourth-order valence-electron chi connectivity index (χ4n) is 3.54. The quantitative estimate of drug-likeness (QED) is 0.808. The molecule has 1 aliphatic carbocycles. The highest BCUT2D eigenvalue weighted by Gasteiger charge is 2.45. The van der Waals surface area contributed by atoms with E-state index in [2.05, 4.69) is 54.4 Å². The summed E-state index contributed by atoms with van der Waals surface area (Å²) >= 11 is 1.99. The summed E-state index contributed by atoms with van der Waals surface area (Å²) in [5.74, 6) is 2.11. The average Bonchev–Trinajstić information content (AvgIpc) is 3.34. The lowest BCUT2D eigenvalue weighted by molar-refractivity contribution is 0.0788. The second-order valence-electron chi connectivity index (χ2n) is 6.77. The lowest BCUT2D eigenvalue weighted by Gasteiger charge is -2.46. The molecule has 2 aliphatic rings. The van der Waals surface area contributed by atoms with E-state index < -0.39 is 0 Å². The predicted octanol–water partition coefficient (Wildman–Crippen LogP) is 3.63. The van der Waals surface area contributed by atoms with Crippen LogP contribution in [0.5, 0.6) is 0 Å². The van der Waals surface area contributed by atoms with Crippen molar-refractivity contribution >= 4 is 11.8 Å². The first kappa shape index (κ1) is 15.4. The molecule has 1 aromatic rings. The van der Waals surface area contributed by atoms with E-state index in [-0.39, 0.29) is 0 Å². The molecule has 2 nitrogen and oxygen atoms in total. The van der Waals surface area contributed by atoms with Gasteiger partial charge in [0.1, 0.15) is 0 Å². The van der Waals surface area contributed by atoms with Gasteiger partial charge < -0.3 is 5.32 Å². The van der Waals surface area contributed by atoms with Crippen molar-refractivity contribution in [2.24, 2.45) is 5.92 Å². The van der Waals surface area contributed by atoms with Crippen molar-refractivity contribution in [3.63, 3.8) is 0 Å². The maximum absolute atomic E-state index is 3.85. The van der Waals surface area contributed by atoms with Crippen molar-refractivity contribution in [3.05, 3.63) is 30.3 Å². The molecule has 0 radical (unpaired) electrons. The molecule has 1 aromatic carbocycles. The van der Waals surface area contributed by atoms with Gasteiger partial charge in [0, 0.05) is 41.9 Å². The van der Waals surface area contributed by atoms with Crippen LogP contribution in [0.3, 0.4) is 0 Å². The zero-order chi connectivity index (χ0) is 14.7. The first-order chi connectivity index (χ1) is 10.2. The molecule has 1 aliphatic heterocycles. The minimum atomic E-state index is 0.364. The van der Waals surface area contributed by atoms with Gasteiger partial charge in [-0.2, -0.15) is 0 Å². The van der Waals surface area contributed by atoms with Crippen LogP contribution in [-0.2, 0) is 0 Å². The first-order valence-corrected chi connectivity index (χ1v) is 9.37. The van der Waals surface area contributed by atoms with E-state index in [9.17, 15) is 0 Å². The van der Waals surface area contributed by atoms with Crippen LogP contribution in [0.15, 0.2) is 35.2 Å². The number of hydrogen-bond donors (Lipinski definition) is 1. The lowest BCUT2D eigenvalue weighted by Crippen LogP contribution is -2.64. The third kappa shape index (κ3) is 3.82. The third-order valence-electron chi connectivity index (χ3n) is 5.13. The molecule has 1 saturated heterocycles. The summed E-state index contributed by atoms with van der Waals surface area (Å²) in [5, 5.41) is 3.85. The molecule has 0 amide bonds. The van der Waals surface area contributed by atoms with Gasteiger partial charge in [0.05, 0.1) is 0 Å². The standard InChI is InChI=1S/C18H28N2S/c1-3-16-13-19-18(2,15-9-10-15)14-20(16)11-12-21-17-7-5-4-6-8-17/h4-8,15-16,19H,3,9-14H2,1-2H3. The molecule has 1 heterocycles. The highest BCUT2D eigenvalue weighted by Crippen LogP contribution is 2.41. The Morgan fingerprint density at radius 3 is 2.71 bits per heavy atom. The predicted molar refractivity (Wildman–Crippen MR) is 91.9 cm³/mol. The molecule has 2 fully saturated rings. The Morgan fingerprint density at radius 2 is 2.05 bits per heavy atom. The molecule has 0 bridgehead atoms. The number of thioether (sulfide) groups is 1. The van der Waals surface area contributed by atoms with Crippen molar-refractivity contribution in [1.29, 1.82) is 0 Å². The summed E-state index contributed by atoms with van der Waals surface area (Å²) in [6.45, 7) is 8.37. The van der Waals surface area contributed by atoms with Crippen LogP contribution in [0.25, 0.3) is 0 Å². The largest absolute Gasteiger partial charge is 0.308 e. The highest BCUT2D eigenvalue weighted by molar-refractivity contribution is 7.99. The van der Waals surface area contributed by atoms with Crippen LogP contribution >= 0.6 is 11.8 Å². The molecule has 3 rings (SSSR count). The van der Waals surface area contributed by atoms with E-state index in [1.54, 1.807) is 0 Å². The molecule has 0 aromatic heterocycles. The van der Waals surface area contributed by atoms with E-state index in [4.69, 9.17) is 0 Å². The van der Waals surface area contributed by atoms with Crippen molar-refractivity contribution < 1.29 is 0 Å². The fraction of sp³-hybridized carbons (Fsp3) is 0.667. The van der Waals surface area contributed by atoms with Crippen molar-refractivity contribution in [1.82, 2.24) is 10.2 Å². The summed E-state index contributed by atoms with van der Waals surface area (Å²) in [6.07, 6.45) is 4.10. The van der Waals surface area contributed by atoms with Crippen LogP contribution in [0.4, 0.5) is 0 Å².